The van der Waals surface area contributed by atoms with E-state index in [1.807, 2.05) is 67.6 Å². The van der Waals surface area contributed by atoms with Crippen LogP contribution in [0.25, 0.3) is 0 Å². The predicted octanol–water partition coefficient (Wildman–Crippen LogP) is 3.73. The molecule has 2 amide bonds. The molecule has 2 aromatic rings. The summed E-state index contributed by atoms with van der Waals surface area (Å²) in [5.41, 5.74) is 1.65. The number of ether oxygens (including phenoxy) is 2. The summed E-state index contributed by atoms with van der Waals surface area (Å²) in [5, 5.41) is 3.02. The van der Waals surface area contributed by atoms with Crippen LogP contribution in [0.15, 0.2) is 60.7 Å². The fourth-order valence-corrected chi connectivity index (χ4v) is 2.78. The number of hydrogen-bond donors (Lipinski definition) is 1. The Kier molecular flexibility index (Phi) is 6.04. The van der Waals surface area contributed by atoms with Gasteiger partial charge < -0.3 is 14.8 Å². The normalized spacial score (nSPS) is 17.9. The summed E-state index contributed by atoms with van der Waals surface area (Å²) >= 11 is 0. The fraction of sp³-hybridized carbons (Fsp3) is 0.350. The first-order valence-corrected chi connectivity index (χ1v) is 8.64. The highest BCUT2D eigenvalue weighted by atomic mass is 16.5. The molecule has 1 aliphatic heterocycles. The van der Waals surface area contributed by atoms with E-state index < -0.39 is 0 Å². The first kappa shape index (κ1) is 17.5. The van der Waals surface area contributed by atoms with Gasteiger partial charge in [-0.05, 0) is 37.6 Å². The highest BCUT2D eigenvalue weighted by molar-refractivity contribution is 5.99. The van der Waals surface area contributed by atoms with E-state index in [9.17, 15) is 4.79 Å². The van der Waals surface area contributed by atoms with Crippen molar-refractivity contribution < 1.29 is 14.3 Å². The molecular weight excluding hydrogens is 316 g/mol. The van der Waals surface area contributed by atoms with Crippen molar-refractivity contribution in [2.24, 2.45) is 0 Å². The molecule has 1 fully saturated rings. The Labute approximate surface area is 148 Å². The summed E-state index contributed by atoms with van der Waals surface area (Å²) in [6.07, 6.45) is 1.06. The van der Waals surface area contributed by atoms with Gasteiger partial charge in [-0.1, -0.05) is 36.4 Å². The third-order valence-electron chi connectivity index (χ3n) is 4.07. The Balaban J connectivity index is 1.66. The van der Waals surface area contributed by atoms with Gasteiger partial charge in [0.25, 0.3) is 0 Å². The molecule has 0 aliphatic carbocycles. The minimum atomic E-state index is -0.170. The summed E-state index contributed by atoms with van der Waals surface area (Å²) < 4.78 is 11.1. The zero-order chi connectivity index (χ0) is 17.5. The van der Waals surface area contributed by atoms with Gasteiger partial charge in [0.05, 0.1) is 36.7 Å². The third-order valence-corrected chi connectivity index (χ3v) is 4.07. The SMILES string of the molecule is C[C@@H](CO[C@H]1CCOC1)NC(=O)N(c1ccccc1)c1ccccc1. The molecular formula is C20H24N2O3. The van der Waals surface area contributed by atoms with Gasteiger partial charge in [0.1, 0.15) is 0 Å². The second-order valence-corrected chi connectivity index (χ2v) is 6.18. The van der Waals surface area contributed by atoms with Crippen molar-refractivity contribution >= 4 is 17.4 Å². The zero-order valence-corrected chi connectivity index (χ0v) is 14.4. The van der Waals surface area contributed by atoms with Crippen LogP contribution < -0.4 is 10.2 Å². The maximum Gasteiger partial charge on any atom is 0.326 e. The Morgan fingerprint density at radius 3 is 2.28 bits per heavy atom. The standard InChI is InChI=1S/C20H24N2O3/c1-16(14-25-19-12-13-24-15-19)21-20(23)22(17-8-4-2-5-9-17)18-10-6-3-7-11-18/h2-11,16,19H,12-15H2,1H3,(H,21,23)/t16-,19-/m0/s1. The summed E-state index contributed by atoms with van der Waals surface area (Å²) in [6.45, 7) is 3.81. The van der Waals surface area contributed by atoms with Crippen LogP contribution in [0, 0.1) is 0 Å². The Morgan fingerprint density at radius 2 is 1.76 bits per heavy atom. The van der Waals surface area contributed by atoms with Crippen LogP contribution in [0.3, 0.4) is 0 Å². The number of rotatable bonds is 6. The van der Waals surface area contributed by atoms with E-state index in [1.165, 1.54) is 0 Å². The van der Waals surface area contributed by atoms with Gasteiger partial charge in [-0.25, -0.2) is 4.79 Å². The van der Waals surface area contributed by atoms with Crippen LogP contribution >= 0.6 is 0 Å². The van der Waals surface area contributed by atoms with Crippen LogP contribution in [0.4, 0.5) is 16.2 Å². The minimum absolute atomic E-state index is 0.0944. The summed E-state index contributed by atoms with van der Waals surface area (Å²) in [7, 11) is 0. The highest BCUT2D eigenvalue weighted by Crippen LogP contribution is 2.25. The number of benzene rings is 2. The maximum absolute atomic E-state index is 12.9. The van der Waals surface area contributed by atoms with E-state index in [-0.39, 0.29) is 18.2 Å². The quantitative estimate of drug-likeness (QED) is 0.872. The van der Waals surface area contributed by atoms with Gasteiger partial charge in [-0.15, -0.1) is 0 Å². The van der Waals surface area contributed by atoms with E-state index in [4.69, 9.17) is 9.47 Å². The number of para-hydroxylation sites is 2. The molecule has 1 saturated heterocycles. The Bertz CT molecular complexity index is 618. The van der Waals surface area contributed by atoms with Crippen molar-refractivity contribution in [2.45, 2.75) is 25.5 Å². The van der Waals surface area contributed by atoms with E-state index >= 15 is 0 Å². The monoisotopic (exact) mass is 340 g/mol. The van der Waals surface area contributed by atoms with Crippen LogP contribution in [0.5, 0.6) is 0 Å². The minimum Gasteiger partial charge on any atom is -0.379 e. The van der Waals surface area contributed by atoms with E-state index in [0.29, 0.717) is 13.2 Å². The zero-order valence-electron chi connectivity index (χ0n) is 14.4. The molecule has 0 radical (unpaired) electrons. The first-order chi connectivity index (χ1) is 12.2. The molecule has 0 spiro atoms. The molecule has 2 aromatic carbocycles. The molecule has 5 nitrogen and oxygen atoms in total. The molecule has 0 aromatic heterocycles. The molecule has 2 atom stereocenters. The molecule has 3 rings (SSSR count). The van der Waals surface area contributed by atoms with E-state index in [1.54, 1.807) is 4.90 Å². The lowest BCUT2D eigenvalue weighted by Gasteiger charge is -2.26. The topological polar surface area (TPSA) is 50.8 Å². The van der Waals surface area contributed by atoms with Gasteiger partial charge in [0, 0.05) is 6.61 Å². The largest absolute Gasteiger partial charge is 0.379 e. The smallest absolute Gasteiger partial charge is 0.326 e. The number of nitrogens with zero attached hydrogens (tertiary/aromatic N) is 1. The Morgan fingerprint density at radius 1 is 1.16 bits per heavy atom. The lowest BCUT2D eigenvalue weighted by Crippen LogP contribution is -2.44. The second-order valence-electron chi connectivity index (χ2n) is 6.18. The molecule has 0 bridgehead atoms. The van der Waals surface area contributed by atoms with Crippen LogP contribution in [-0.4, -0.2) is 38.0 Å². The van der Waals surface area contributed by atoms with Crippen molar-refractivity contribution in [1.29, 1.82) is 0 Å². The third kappa shape index (κ3) is 4.81. The molecule has 1 heterocycles. The van der Waals surface area contributed by atoms with Crippen LogP contribution in [0.1, 0.15) is 13.3 Å². The number of urea groups is 1. The lowest BCUT2D eigenvalue weighted by molar-refractivity contribution is 0.0340. The van der Waals surface area contributed by atoms with E-state index in [2.05, 4.69) is 5.32 Å². The van der Waals surface area contributed by atoms with E-state index in [0.717, 1.165) is 24.4 Å². The first-order valence-electron chi connectivity index (χ1n) is 8.64. The van der Waals surface area contributed by atoms with Crippen molar-refractivity contribution in [3.8, 4) is 0 Å². The molecule has 25 heavy (non-hydrogen) atoms. The maximum atomic E-state index is 12.9. The average Bonchev–Trinajstić information content (AvgIpc) is 3.16. The van der Waals surface area contributed by atoms with Crippen molar-refractivity contribution in [3.05, 3.63) is 60.7 Å². The predicted molar refractivity (Wildman–Crippen MR) is 98.2 cm³/mol. The van der Waals surface area contributed by atoms with Gasteiger partial charge >= 0.3 is 6.03 Å². The van der Waals surface area contributed by atoms with Gasteiger partial charge in [-0.2, -0.15) is 0 Å². The van der Waals surface area contributed by atoms with Crippen molar-refractivity contribution in [1.82, 2.24) is 5.32 Å². The number of amides is 2. The number of carbonyl (C=O) groups is 1. The molecule has 132 valence electrons. The number of carbonyl (C=O) groups excluding carboxylic acids is 1. The van der Waals surface area contributed by atoms with Gasteiger partial charge in [0.15, 0.2) is 0 Å². The lowest BCUT2D eigenvalue weighted by atomic mass is 10.2. The van der Waals surface area contributed by atoms with Crippen molar-refractivity contribution in [3.63, 3.8) is 0 Å². The highest BCUT2D eigenvalue weighted by Gasteiger charge is 2.21. The second kappa shape index (κ2) is 8.65. The summed E-state index contributed by atoms with van der Waals surface area (Å²) in [6, 6.07) is 19.0. The molecule has 0 saturated carbocycles. The molecule has 1 aliphatic rings. The number of anilines is 2. The molecule has 5 heteroatoms. The number of hydrogen-bond acceptors (Lipinski definition) is 3. The summed E-state index contributed by atoms with van der Waals surface area (Å²) in [4.78, 5) is 14.6. The van der Waals surface area contributed by atoms with Gasteiger partial charge in [0.2, 0.25) is 0 Å². The molecule has 1 N–H and O–H groups in total. The van der Waals surface area contributed by atoms with Crippen molar-refractivity contribution in [2.75, 3.05) is 24.7 Å². The molecule has 0 unspecified atom stereocenters. The average molecular weight is 340 g/mol. The summed E-state index contributed by atoms with van der Waals surface area (Å²) in [5.74, 6) is 0. The Hall–Kier alpha value is -2.37. The van der Waals surface area contributed by atoms with Crippen LogP contribution in [-0.2, 0) is 9.47 Å². The fourth-order valence-electron chi connectivity index (χ4n) is 2.78. The number of nitrogens with one attached hydrogen (secondary N) is 1. The van der Waals surface area contributed by atoms with Crippen LogP contribution in [0.2, 0.25) is 0 Å². The van der Waals surface area contributed by atoms with Gasteiger partial charge in [-0.3, -0.25) is 4.90 Å².